The topological polar surface area (TPSA) is 30.5 Å². The minimum atomic E-state index is 0.467. The van der Waals surface area contributed by atoms with E-state index in [1.165, 1.54) is 25.7 Å². The summed E-state index contributed by atoms with van der Waals surface area (Å²) in [6.07, 6.45) is 6.62. The van der Waals surface area contributed by atoms with Gasteiger partial charge in [-0.25, -0.2) is 0 Å². The highest BCUT2D eigenvalue weighted by Gasteiger charge is 2.37. The van der Waals surface area contributed by atoms with Crippen LogP contribution in [0.5, 0.6) is 0 Å². The van der Waals surface area contributed by atoms with Gasteiger partial charge in [0, 0.05) is 13.2 Å². The van der Waals surface area contributed by atoms with E-state index in [-0.39, 0.29) is 0 Å². The van der Waals surface area contributed by atoms with Gasteiger partial charge >= 0.3 is 0 Å². The summed E-state index contributed by atoms with van der Waals surface area (Å²) < 4.78 is 11.4. The second-order valence-corrected chi connectivity index (χ2v) is 4.98. The Morgan fingerprint density at radius 1 is 1.27 bits per heavy atom. The molecule has 1 N–H and O–H groups in total. The van der Waals surface area contributed by atoms with E-state index in [1.54, 1.807) is 0 Å². The Balaban J connectivity index is 1.75. The largest absolute Gasteiger partial charge is 0.381 e. The third-order valence-corrected chi connectivity index (χ3v) is 3.89. The molecule has 2 aliphatic heterocycles. The smallest absolute Gasteiger partial charge is 0.0587 e. The van der Waals surface area contributed by atoms with Crippen molar-refractivity contribution in [3.05, 3.63) is 0 Å². The summed E-state index contributed by atoms with van der Waals surface area (Å²) in [5.41, 5.74) is 0.467. The molecule has 2 heterocycles. The van der Waals surface area contributed by atoms with Crippen LogP contribution in [0.1, 0.15) is 32.1 Å². The van der Waals surface area contributed by atoms with E-state index in [2.05, 4.69) is 5.32 Å². The lowest BCUT2D eigenvalue weighted by molar-refractivity contribution is -0.106. The molecule has 2 aliphatic rings. The van der Waals surface area contributed by atoms with Crippen molar-refractivity contribution in [2.45, 2.75) is 38.2 Å². The van der Waals surface area contributed by atoms with Crippen LogP contribution in [0.15, 0.2) is 0 Å². The van der Waals surface area contributed by atoms with Crippen LogP contribution in [-0.2, 0) is 9.47 Å². The van der Waals surface area contributed by atoms with Crippen molar-refractivity contribution >= 4 is 0 Å². The molecule has 2 fully saturated rings. The molecule has 1 spiro atoms. The highest BCUT2D eigenvalue weighted by molar-refractivity contribution is 4.86. The van der Waals surface area contributed by atoms with Gasteiger partial charge < -0.3 is 14.8 Å². The zero-order valence-corrected chi connectivity index (χ0v) is 9.76. The first-order valence-corrected chi connectivity index (χ1v) is 6.19. The summed E-state index contributed by atoms with van der Waals surface area (Å²) in [6, 6.07) is 0. The zero-order chi connectivity index (χ0) is 10.6. The van der Waals surface area contributed by atoms with Gasteiger partial charge in [-0.15, -0.1) is 0 Å². The van der Waals surface area contributed by atoms with Crippen molar-refractivity contribution in [2.75, 3.05) is 33.4 Å². The minimum absolute atomic E-state index is 0.467. The first-order valence-electron chi connectivity index (χ1n) is 6.19. The molecule has 0 aliphatic carbocycles. The van der Waals surface area contributed by atoms with E-state index in [0.29, 0.717) is 11.5 Å². The van der Waals surface area contributed by atoms with Gasteiger partial charge in [0.25, 0.3) is 0 Å². The van der Waals surface area contributed by atoms with Gasteiger partial charge in [-0.2, -0.15) is 0 Å². The highest BCUT2D eigenvalue weighted by Crippen LogP contribution is 2.40. The van der Waals surface area contributed by atoms with E-state index in [9.17, 15) is 0 Å². The monoisotopic (exact) mass is 213 g/mol. The minimum Gasteiger partial charge on any atom is -0.381 e. The van der Waals surface area contributed by atoms with E-state index >= 15 is 0 Å². The van der Waals surface area contributed by atoms with Crippen molar-refractivity contribution in [2.24, 2.45) is 5.41 Å². The van der Waals surface area contributed by atoms with Gasteiger partial charge in [0.1, 0.15) is 0 Å². The van der Waals surface area contributed by atoms with E-state index in [1.807, 2.05) is 7.05 Å². The molecule has 0 bridgehead atoms. The van der Waals surface area contributed by atoms with Crippen molar-refractivity contribution in [1.82, 2.24) is 5.32 Å². The molecular formula is C12H23NO2. The number of ether oxygens (including phenoxy) is 2. The van der Waals surface area contributed by atoms with Gasteiger partial charge in [-0.1, -0.05) is 0 Å². The van der Waals surface area contributed by atoms with Crippen molar-refractivity contribution in [3.8, 4) is 0 Å². The molecule has 0 amide bonds. The third-order valence-electron chi connectivity index (χ3n) is 3.89. The van der Waals surface area contributed by atoms with Gasteiger partial charge in [-0.05, 0) is 51.1 Å². The van der Waals surface area contributed by atoms with Crippen molar-refractivity contribution in [1.29, 1.82) is 0 Å². The fourth-order valence-electron chi connectivity index (χ4n) is 2.65. The summed E-state index contributed by atoms with van der Waals surface area (Å²) in [5, 5.41) is 3.19. The fourth-order valence-corrected chi connectivity index (χ4v) is 2.65. The Labute approximate surface area is 92.5 Å². The maximum atomic E-state index is 5.98. The second kappa shape index (κ2) is 5.28. The molecule has 0 aromatic carbocycles. The standard InChI is InChI=1S/C12H23NO2/c1-13-7-3-11-2-4-12(10-15-11)5-8-14-9-6-12/h11,13H,2-10H2,1H3. The Morgan fingerprint density at radius 3 is 2.67 bits per heavy atom. The Morgan fingerprint density at radius 2 is 2.07 bits per heavy atom. The van der Waals surface area contributed by atoms with Gasteiger partial charge in [0.2, 0.25) is 0 Å². The second-order valence-electron chi connectivity index (χ2n) is 4.98. The first kappa shape index (κ1) is 11.4. The molecule has 1 unspecified atom stereocenters. The van der Waals surface area contributed by atoms with E-state index in [0.717, 1.165) is 32.8 Å². The van der Waals surface area contributed by atoms with Crippen LogP contribution in [-0.4, -0.2) is 39.5 Å². The van der Waals surface area contributed by atoms with Crippen LogP contribution < -0.4 is 5.32 Å². The number of hydrogen-bond acceptors (Lipinski definition) is 3. The van der Waals surface area contributed by atoms with E-state index < -0.39 is 0 Å². The van der Waals surface area contributed by atoms with Crippen LogP contribution in [0.3, 0.4) is 0 Å². The number of nitrogens with one attached hydrogen (secondary N) is 1. The highest BCUT2D eigenvalue weighted by atomic mass is 16.5. The maximum absolute atomic E-state index is 5.98. The summed E-state index contributed by atoms with van der Waals surface area (Å²) in [5.74, 6) is 0. The Hall–Kier alpha value is -0.120. The first-order chi connectivity index (χ1) is 7.35. The van der Waals surface area contributed by atoms with Gasteiger partial charge in [0.05, 0.1) is 12.7 Å². The fraction of sp³-hybridized carbons (Fsp3) is 1.00. The third kappa shape index (κ3) is 2.92. The summed E-state index contributed by atoms with van der Waals surface area (Å²) in [4.78, 5) is 0. The summed E-state index contributed by atoms with van der Waals surface area (Å²) >= 11 is 0. The molecule has 1 atom stereocenters. The lowest BCUT2D eigenvalue weighted by Crippen LogP contribution is -2.40. The molecule has 15 heavy (non-hydrogen) atoms. The van der Waals surface area contributed by atoms with Crippen LogP contribution in [0.25, 0.3) is 0 Å². The molecule has 3 heteroatoms. The SMILES string of the molecule is CNCCC1CCC2(CCOCC2)CO1. The van der Waals surface area contributed by atoms with Gasteiger partial charge in [-0.3, -0.25) is 0 Å². The Bertz CT molecular complexity index is 180. The number of hydrogen-bond donors (Lipinski definition) is 1. The predicted octanol–water partition coefficient (Wildman–Crippen LogP) is 1.57. The average Bonchev–Trinajstić information content (AvgIpc) is 2.30. The van der Waals surface area contributed by atoms with Crippen molar-refractivity contribution in [3.63, 3.8) is 0 Å². The van der Waals surface area contributed by atoms with Gasteiger partial charge in [0.15, 0.2) is 0 Å². The van der Waals surface area contributed by atoms with Crippen LogP contribution in [0.4, 0.5) is 0 Å². The lowest BCUT2D eigenvalue weighted by atomic mass is 9.75. The molecule has 0 radical (unpaired) electrons. The average molecular weight is 213 g/mol. The molecule has 3 nitrogen and oxygen atoms in total. The lowest BCUT2D eigenvalue weighted by Gasteiger charge is -2.42. The summed E-state index contributed by atoms with van der Waals surface area (Å²) in [7, 11) is 2.00. The molecule has 0 saturated carbocycles. The quantitative estimate of drug-likeness (QED) is 0.772. The van der Waals surface area contributed by atoms with Crippen molar-refractivity contribution < 1.29 is 9.47 Å². The molecule has 0 aromatic rings. The van der Waals surface area contributed by atoms with Crippen LogP contribution >= 0.6 is 0 Å². The predicted molar refractivity (Wildman–Crippen MR) is 60.0 cm³/mol. The van der Waals surface area contributed by atoms with E-state index in [4.69, 9.17) is 9.47 Å². The van der Waals surface area contributed by atoms with Crippen LogP contribution in [0.2, 0.25) is 0 Å². The Kier molecular flexibility index (Phi) is 4.00. The molecule has 2 saturated heterocycles. The maximum Gasteiger partial charge on any atom is 0.0587 e. The molecule has 0 aromatic heterocycles. The molecule has 88 valence electrons. The molecule has 2 rings (SSSR count). The summed E-state index contributed by atoms with van der Waals surface area (Å²) in [6.45, 7) is 3.90. The number of rotatable bonds is 3. The van der Waals surface area contributed by atoms with Crippen LogP contribution in [0, 0.1) is 5.41 Å². The zero-order valence-electron chi connectivity index (χ0n) is 9.76. The molecular weight excluding hydrogens is 190 g/mol. The normalized spacial score (nSPS) is 30.6.